The van der Waals surface area contributed by atoms with E-state index >= 15 is 0 Å². The van der Waals surface area contributed by atoms with Crippen LogP contribution in [-0.2, 0) is 0 Å². The van der Waals surface area contributed by atoms with E-state index in [1.807, 2.05) is 19.1 Å². The summed E-state index contributed by atoms with van der Waals surface area (Å²) in [5.41, 5.74) is 7.43. The topological polar surface area (TPSA) is 54.2 Å². The van der Waals surface area contributed by atoms with E-state index in [1.165, 1.54) is 25.9 Å². The number of hydrogen-bond donors (Lipinski definition) is 2. The van der Waals surface area contributed by atoms with Gasteiger partial charge in [0.2, 0.25) is 0 Å². The fourth-order valence-corrected chi connectivity index (χ4v) is 2.25. The number of piperidine rings is 1. The van der Waals surface area contributed by atoms with Crippen molar-refractivity contribution in [2.75, 3.05) is 30.7 Å². The molecule has 0 bridgehead atoms. The van der Waals surface area contributed by atoms with Gasteiger partial charge in [0.05, 0.1) is 11.4 Å². The molecule has 0 saturated carbocycles. The maximum atomic E-state index is 5.76. The molecule has 1 aliphatic heterocycles. The molecule has 17 heavy (non-hydrogen) atoms. The molecule has 0 aliphatic carbocycles. The van der Waals surface area contributed by atoms with Gasteiger partial charge in [-0.1, -0.05) is 6.92 Å². The zero-order valence-electron chi connectivity index (χ0n) is 10.7. The molecular weight excluding hydrogens is 212 g/mol. The number of nitrogens with zero attached hydrogens (tertiary/aromatic N) is 2. The minimum absolute atomic E-state index is 0.549. The molecule has 1 aromatic rings. The standard InChI is InChI=1S/C13H22N4/c1-3-17-8-6-11(7-9-17)16-13-5-4-12(14)10(2)15-13/h4-5,11H,3,6-9,14H2,1-2H3,(H,15,16). The summed E-state index contributed by atoms with van der Waals surface area (Å²) >= 11 is 0. The molecule has 4 heteroatoms. The average molecular weight is 234 g/mol. The molecule has 2 heterocycles. The van der Waals surface area contributed by atoms with Crippen LogP contribution in [-0.4, -0.2) is 35.6 Å². The zero-order valence-corrected chi connectivity index (χ0v) is 10.7. The highest BCUT2D eigenvalue weighted by Gasteiger charge is 2.17. The second kappa shape index (κ2) is 5.36. The second-order valence-electron chi connectivity index (χ2n) is 4.72. The van der Waals surface area contributed by atoms with Gasteiger partial charge in [0, 0.05) is 19.1 Å². The van der Waals surface area contributed by atoms with Gasteiger partial charge in [-0.15, -0.1) is 0 Å². The highest BCUT2D eigenvalue weighted by Crippen LogP contribution is 2.17. The van der Waals surface area contributed by atoms with E-state index in [4.69, 9.17) is 5.73 Å². The monoisotopic (exact) mass is 234 g/mol. The Labute approximate surface area is 103 Å². The van der Waals surface area contributed by atoms with Gasteiger partial charge in [-0.25, -0.2) is 4.98 Å². The first kappa shape index (κ1) is 12.2. The van der Waals surface area contributed by atoms with Gasteiger partial charge in [0.25, 0.3) is 0 Å². The molecule has 1 fully saturated rings. The molecule has 0 aromatic carbocycles. The van der Waals surface area contributed by atoms with Crippen LogP contribution in [0.3, 0.4) is 0 Å². The lowest BCUT2D eigenvalue weighted by Gasteiger charge is -2.31. The van der Waals surface area contributed by atoms with E-state index in [2.05, 4.69) is 22.1 Å². The van der Waals surface area contributed by atoms with Crippen molar-refractivity contribution in [2.24, 2.45) is 0 Å². The summed E-state index contributed by atoms with van der Waals surface area (Å²) < 4.78 is 0. The Balaban J connectivity index is 1.91. The molecule has 0 spiro atoms. The number of rotatable bonds is 3. The molecule has 0 radical (unpaired) electrons. The third kappa shape index (κ3) is 3.09. The van der Waals surface area contributed by atoms with Crippen LogP contribution in [0.15, 0.2) is 12.1 Å². The van der Waals surface area contributed by atoms with Gasteiger partial charge in [-0.05, 0) is 38.4 Å². The molecule has 3 N–H and O–H groups in total. The number of nitrogens with two attached hydrogens (primary N) is 1. The first-order chi connectivity index (χ1) is 8.19. The van der Waals surface area contributed by atoms with Crippen molar-refractivity contribution in [3.8, 4) is 0 Å². The van der Waals surface area contributed by atoms with Crippen molar-refractivity contribution in [1.82, 2.24) is 9.88 Å². The number of pyridine rings is 1. The lowest BCUT2D eigenvalue weighted by molar-refractivity contribution is 0.229. The molecule has 94 valence electrons. The quantitative estimate of drug-likeness (QED) is 0.838. The van der Waals surface area contributed by atoms with Gasteiger partial charge >= 0.3 is 0 Å². The predicted octanol–water partition coefficient (Wildman–Crippen LogP) is 1.87. The van der Waals surface area contributed by atoms with Crippen molar-refractivity contribution in [3.63, 3.8) is 0 Å². The number of nitrogen functional groups attached to an aromatic ring is 1. The van der Waals surface area contributed by atoms with Gasteiger partial charge in [-0.3, -0.25) is 0 Å². The van der Waals surface area contributed by atoms with Crippen molar-refractivity contribution >= 4 is 11.5 Å². The predicted molar refractivity (Wildman–Crippen MR) is 72.1 cm³/mol. The van der Waals surface area contributed by atoms with Crippen LogP contribution in [0, 0.1) is 6.92 Å². The van der Waals surface area contributed by atoms with Gasteiger partial charge in [-0.2, -0.15) is 0 Å². The molecule has 1 aromatic heterocycles. The largest absolute Gasteiger partial charge is 0.397 e. The van der Waals surface area contributed by atoms with Crippen LogP contribution >= 0.6 is 0 Å². The highest BCUT2D eigenvalue weighted by molar-refractivity contribution is 5.49. The lowest BCUT2D eigenvalue weighted by atomic mass is 10.1. The molecule has 4 nitrogen and oxygen atoms in total. The maximum absolute atomic E-state index is 5.76. The Morgan fingerprint density at radius 1 is 1.41 bits per heavy atom. The minimum Gasteiger partial charge on any atom is -0.397 e. The summed E-state index contributed by atoms with van der Waals surface area (Å²) in [4.78, 5) is 6.94. The zero-order chi connectivity index (χ0) is 12.3. The number of aromatic nitrogens is 1. The Kier molecular flexibility index (Phi) is 3.84. The van der Waals surface area contributed by atoms with E-state index in [0.29, 0.717) is 6.04 Å². The Bertz CT molecular complexity index is 370. The van der Waals surface area contributed by atoms with Gasteiger partial charge in [0.1, 0.15) is 5.82 Å². The van der Waals surface area contributed by atoms with Crippen molar-refractivity contribution in [2.45, 2.75) is 32.7 Å². The summed E-state index contributed by atoms with van der Waals surface area (Å²) in [6.45, 7) is 7.69. The van der Waals surface area contributed by atoms with E-state index in [0.717, 1.165) is 23.7 Å². The summed E-state index contributed by atoms with van der Waals surface area (Å²) in [5, 5.41) is 3.50. The van der Waals surface area contributed by atoms with Gasteiger partial charge < -0.3 is 16.0 Å². The fraction of sp³-hybridized carbons (Fsp3) is 0.615. The number of aryl methyl sites for hydroxylation is 1. The highest BCUT2D eigenvalue weighted by atomic mass is 15.1. The molecular formula is C13H22N4. The van der Waals surface area contributed by atoms with E-state index in [9.17, 15) is 0 Å². The van der Waals surface area contributed by atoms with E-state index in [-0.39, 0.29) is 0 Å². The normalized spacial score (nSPS) is 18.2. The molecule has 1 saturated heterocycles. The molecule has 1 aliphatic rings. The van der Waals surface area contributed by atoms with Crippen molar-refractivity contribution in [3.05, 3.63) is 17.8 Å². The first-order valence-corrected chi connectivity index (χ1v) is 6.41. The second-order valence-corrected chi connectivity index (χ2v) is 4.72. The van der Waals surface area contributed by atoms with Crippen molar-refractivity contribution in [1.29, 1.82) is 0 Å². The number of likely N-dealkylation sites (tertiary alicyclic amines) is 1. The third-order valence-corrected chi connectivity index (χ3v) is 3.51. The summed E-state index contributed by atoms with van der Waals surface area (Å²) in [6, 6.07) is 4.44. The molecule has 0 atom stereocenters. The molecule has 0 amide bonds. The lowest BCUT2D eigenvalue weighted by Crippen LogP contribution is -2.39. The number of nitrogens with one attached hydrogen (secondary N) is 1. The first-order valence-electron chi connectivity index (χ1n) is 6.41. The Hall–Kier alpha value is -1.29. The van der Waals surface area contributed by atoms with Crippen molar-refractivity contribution < 1.29 is 0 Å². The summed E-state index contributed by atoms with van der Waals surface area (Å²) in [7, 11) is 0. The number of anilines is 2. The SMILES string of the molecule is CCN1CCC(Nc2ccc(N)c(C)n2)CC1. The Morgan fingerprint density at radius 2 is 2.12 bits per heavy atom. The van der Waals surface area contributed by atoms with Crippen LogP contribution in [0.25, 0.3) is 0 Å². The summed E-state index contributed by atoms with van der Waals surface area (Å²) in [5.74, 6) is 0.951. The minimum atomic E-state index is 0.549. The average Bonchev–Trinajstić information content (AvgIpc) is 2.35. The van der Waals surface area contributed by atoms with Gasteiger partial charge in [0.15, 0.2) is 0 Å². The summed E-state index contributed by atoms with van der Waals surface area (Å²) in [6.07, 6.45) is 2.39. The van der Waals surface area contributed by atoms with Crippen LogP contribution < -0.4 is 11.1 Å². The van der Waals surface area contributed by atoms with E-state index in [1.54, 1.807) is 0 Å². The maximum Gasteiger partial charge on any atom is 0.126 e. The third-order valence-electron chi connectivity index (χ3n) is 3.51. The van der Waals surface area contributed by atoms with E-state index < -0.39 is 0 Å². The van der Waals surface area contributed by atoms with Crippen LogP contribution in [0.2, 0.25) is 0 Å². The van der Waals surface area contributed by atoms with Crippen LogP contribution in [0.5, 0.6) is 0 Å². The number of hydrogen-bond acceptors (Lipinski definition) is 4. The van der Waals surface area contributed by atoms with Crippen LogP contribution in [0.1, 0.15) is 25.5 Å². The Morgan fingerprint density at radius 3 is 2.71 bits per heavy atom. The molecule has 0 unspecified atom stereocenters. The smallest absolute Gasteiger partial charge is 0.126 e. The molecule has 2 rings (SSSR count). The van der Waals surface area contributed by atoms with Crippen LogP contribution in [0.4, 0.5) is 11.5 Å². The fourth-order valence-electron chi connectivity index (χ4n) is 2.25.